The molecule has 252 valence electrons. The average Bonchev–Trinajstić information content (AvgIpc) is 3.46. The van der Waals surface area contributed by atoms with Crippen molar-refractivity contribution in [3.8, 4) is 11.8 Å². The van der Waals surface area contributed by atoms with Crippen LogP contribution in [0.5, 0.6) is 11.8 Å². The quantitative estimate of drug-likeness (QED) is 0.0824. The van der Waals surface area contributed by atoms with E-state index in [4.69, 9.17) is 0 Å². The van der Waals surface area contributed by atoms with E-state index in [-0.39, 0.29) is 36.4 Å². The van der Waals surface area contributed by atoms with E-state index in [2.05, 4.69) is 34.3 Å². The summed E-state index contributed by atoms with van der Waals surface area (Å²) in [6.07, 6.45) is 10.7. The molecule has 4 aromatic rings. The van der Waals surface area contributed by atoms with Crippen LogP contribution in [0, 0.1) is 13.8 Å². The summed E-state index contributed by atoms with van der Waals surface area (Å²) in [5, 5.41) is 39.6. The molecule has 2 amide bonds. The van der Waals surface area contributed by atoms with E-state index in [1.165, 1.54) is 0 Å². The van der Waals surface area contributed by atoms with Gasteiger partial charge in [-0.25, -0.2) is 0 Å². The smallest absolute Gasteiger partial charge is 0.264 e. The molecule has 47 heavy (non-hydrogen) atoms. The Labute approximate surface area is 277 Å². The number of azo groups is 2. The average molecular weight is 643 g/mol. The summed E-state index contributed by atoms with van der Waals surface area (Å²) in [4.78, 5) is 24.9. The number of nitrogens with zero attached hydrogens (tertiary/aromatic N) is 6. The Hall–Kier alpha value is -4.34. The Kier molecular flexibility index (Phi) is 13.3. The van der Waals surface area contributed by atoms with E-state index in [1.54, 1.807) is 0 Å². The third kappa shape index (κ3) is 9.36. The maximum atomic E-state index is 12.5. The van der Waals surface area contributed by atoms with E-state index in [0.717, 1.165) is 90.7 Å². The Morgan fingerprint density at radius 1 is 0.596 bits per heavy atom. The second kappa shape index (κ2) is 17.5. The first-order chi connectivity index (χ1) is 22.7. The molecule has 4 rings (SSSR count). The zero-order chi connectivity index (χ0) is 33.8. The number of unbranched alkanes of at least 4 members (excludes halogenated alkanes) is 8. The van der Waals surface area contributed by atoms with Crippen molar-refractivity contribution < 1.29 is 19.8 Å². The molecule has 2 N–H and O–H groups in total. The fraction of sp³-hybridized carbons (Fsp3) is 0.514. The van der Waals surface area contributed by atoms with Crippen LogP contribution in [-0.2, 0) is 22.7 Å². The SMILES string of the molecule is CCCCCn1c(O)c(N=NC(=O)CCCCCCCC(=O)N=Nc2c(O)n(CCCCC)c3ccc(C)cc23)c2cc(C)ccc21. The molecule has 0 radical (unpaired) electrons. The summed E-state index contributed by atoms with van der Waals surface area (Å²) >= 11 is 0. The van der Waals surface area contributed by atoms with Crippen molar-refractivity contribution in [2.75, 3.05) is 0 Å². The lowest BCUT2D eigenvalue weighted by Gasteiger charge is -2.06. The molecule has 0 aliphatic rings. The monoisotopic (exact) mass is 642 g/mol. The Bertz CT molecular complexity index is 1610. The van der Waals surface area contributed by atoms with Crippen molar-refractivity contribution in [1.82, 2.24) is 9.13 Å². The van der Waals surface area contributed by atoms with Crippen LogP contribution in [-0.4, -0.2) is 31.2 Å². The van der Waals surface area contributed by atoms with Crippen LogP contribution < -0.4 is 0 Å². The summed E-state index contributed by atoms with van der Waals surface area (Å²) in [6.45, 7) is 9.62. The van der Waals surface area contributed by atoms with Crippen molar-refractivity contribution >= 4 is 45.0 Å². The highest BCUT2D eigenvalue weighted by Gasteiger charge is 2.18. The molecule has 0 aliphatic carbocycles. The molecule has 2 heterocycles. The summed E-state index contributed by atoms with van der Waals surface area (Å²) in [6, 6.07) is 11.9. The van der Waals surface area contributed by atoms with E-state index in [0.29, 0.717) is 37.3 Å². The highest BCUT2D eigenvalue weighted by atomic mass is 16.3. The largest absolute Gasteiger partial charge is 0.493 e. The molecule has 0 bridgehead atoms. The second-order valence-corrected chi connectivity index (χ2v) is 12.6. The molecule has 0 saturated heterocycles. The van der Waals surface area contributed by atoms with Gasteiger partial charge >= 0.3 is 0 Å². The predicted octanol–water partition coefficient (Wildman–Crippen LogP) is 10.7. The minimum atomic E-state index is -0.315. The Balaban J connectivity index is 1.21. The number of carbonyl (C=O) groups is 2. The van der Waals surface area contributed by atoms with E-state index in [9.17, 15) is 19.8 Å². The van der Waals surface area contributed by atoms with Crippen LogP contribution in [0.15, 0.2) is 56.9 Å². The molecular weight excluding hydrogens is 592 g/mol. The molecule has 0 unspecified atom stereocenters. The number of benzene rings is 2. The third-order valence-electron chi connectivity index (χ3n) is 8.61. The van der Waals surface area contributed by atoms with Crippen LogP contribution in [0.1, 0.15) is 108 Å². The van der Waals surface area contributed by atoms with Crippen LogP contribution in [0.25, 0.3) is 21.8 Å². The fourth-order valence-electron chi connectivity index (χ4n) is 5.96. The number of aryl methyl sites for hydroxylation is 4. The number of hydrogen-bond donors (Lipinski definition) is 2. The number of amides is 2. The van der Waals surface area contributed by atoms with Gasteiger partial charge in [0.05, 0.1) is 11.0 Å². The van der Waals surface area contributed by atoms with Crippen molar-refractivity contribution in [3.05, 3.63) is 47.5 Å². The van der Waals surface area contributed by atoms with Gasteiger partial charge in [0.2, 0.25) is 11.8 Å². The Morgan fingerprint density at radius 3 is 1.40 bits per heavy atom. The Morgan fingerprint density at radius 2 is 1.00 bits per heavy atom. The third-order valence-corrected chi connectivity index (χ3v) is 8.61. The van der Waals surface area contributed by atoms with Gasteiger partial charge in [0.15, 0.2) is 11.4 Å². The normalized spacial score (nSPS) is 12.0. The number of hydrogen-bond acceptors (Lipinski definition) is 6. The van der Waals surface area contributed by atoms with Gasteiger partial charge in [-0.05, 0) is 63.8 Å². The number of rotatable bonds is 18. The molecule has 10 heteroatoms. The maximum absolute atomic E-state index is 12.5. The number of aromatic nitrogens is 2. The van der Waals surface area contributed by atoms with Crippen LogP contribution >= 0.6 is 0 Å². The molecule has 0 fully saturated rings. The molecule has 0 aliphatic heterocycles. The van der Waals surface area contributed by atoms with Gasteiger partial charge in [-0.1, -0.05) is 82.1 Å². The summed E-state index contributed by atoms with van der Waals surface area (Å²) in [7, 11) is 0. The van der Waals surface area contributed by atoms with Crippen LogP contribution in [0.3, 0.4) is 0 Å². The summed E-state index contributed by atoms with van der Waals surface area (Å²) < 4.78 is 3.71. The molecule has 2 aromatic carbocycles. The first-order valence-electron chi connectivity index (χ1n) is 17.3. The fourth-order valence-corrected chi connectivity index (χ4v) is 5.96. The van der Waals surface area contributed by atoms with Gasteiger partial charge in [-0.15, -0.1) is 20.5 Å². The molecule has 10 nitrogen and oxygen atoms in total. The van der Waals surface area contributed by atoms with Crippen molar-refractivity contribution in [2.45, 2.75) is 124 Å². The van der Waals surface area contributed by atoms with Gasteiger partial charge < -0.3 is 19.3 Å². The lowest BCUT2D eigenvalue weighted by Crippen LogP contribution is -1.97. The first-order valence-corrected chi connectivity index (χ1v) is 17.3. The first kappa shape index (κ1) is 35.5. The summed E-state index contributed by atoms with van der Waals surface area (Å²) in [5.74, 6) is -0.531. The number of carbonyl (C=O) groups excluding carboxylic acids is 2. The van der Waals surface area contributed by atoms with E-state index < -0.39 is 0 Å². The van der Waals surface area contributed by atoms with Gasteiger partial charge in [0.1, 0.15) is 0 Å². The van der Waals surface area contributed by atoms with E-state index >= 15 is 0 Å². The summed E-state index contributed by atoms with van der Waals surface area (Å²) in [5.41, 5.74) is 4.57. The van der Waals surface area contributed by atoms with Crippen molar-refractivity contribution in [2.24, 2.45) is 20.5 Å². The predicted molar refractivity (Wildman–Crippen MR) is 187 cm³/mol. The zero-order valence-corrected chi connectivity index (χ0v) is 28.5. The minimum absolute atomic E-state index is 0.0494. The highest BCUT2D eigenvalue weighted by molar-refractivity contribution is 5.96. The lowest BCUT2D eigenvalue weighted by atomic mass is 10.1. The van der Waals surface area contributed by atoms with Gasteiger partial charge in [-0.3, -0.25) is 9.59 Å². The van der Waals surface area contributed by atoms with Crippen molar-refractivity contribution in [1.29, 1.82) is 0 Å². The molecule has 0 saturated carbocycles. The van der Waals surface area contributed by atoms with Crippen molar-refractivity contribution in [3.63, 3.8) is 0 Å². The van der Waals surface area contributed by atoms with E-state index in [1.807, 2.05) is 59.4 Å². The zero-order valence-electron chi connectivity index (χ0n) is 28.5. The van der Waals surface area contributed by atoms with Crippen LogP contribution in [0.2, 0.25) is 0 Å². The maximum Gasteiger partial charge on any atom is 0.264 e. The number of fused-ring (bicyclic) bond motifs is 2. The second-order valence-electron chi connectivity index (χ2n) is 12.6. The van der Waals surface area contributed by atoms with Crippen LogP contribution in [0.4, 0.5) is 11.4 Å². The highest BCUT2D eigenvalue weighted by Crippen LogP contribution is 2.41. The molecule has 0 atom stereocenters. The van der Waals surface area contributed by atoms with Gasteiger partial charge in [-0.2, -0.15) is 0 Å². The topological polar surface area (TPSA) is 134 Å². The molecule has 0 spiro atoms. The van der Waals surface area contributed by atoms with Gasteiger partial charge in [0, 0.05) is 36.7 Å². The standard InChI is InChI=1S/C37H50N6O4/c1-5-7-14-22-42-30-20-18-26(3)24-28(30)34(36(42)46)40-38-32(44)16-12-10-9-11-13-17-33(45)39-41-35-29-25-27(4)19-21-31(29)43(37(35)47)23-15-8-6-2/h18-21,24-25,46-47H,5-17,22-23H2,1-4H3. The molecule has 2 aromatic heterocycles. The lowest BCUT2D eigenvalue weighted by molar-refractivity contribution is -0.119. The van der Waals surface area contributed by atoms with Gasteiger partial charge in [0.25, 0.3) is 11.8 Å². The minimum Gasteiger partial charge on any atom is -0.493 e. The molecular formula is C37H50N6O4. The number of aromatic hydroxyl groups is 2.